The monoisotopic (exact) mass is 455 g/mol. The van der Waals surface area contributed by atoms with E-state index in [2.05, 4.69) is 31.0 Å². The molecule has 1 aliphatic heterocycles. The predicted molar refractivity (Wildman–Crippen MR) is 87.1 cm³/mol. The molecule has 0 amide bonds. The molecule has 27 heavy (non-hydrogen) atoms. The maximum absolute atomic E-state index is 13.9. The summed E-state index contributed by atoms with van der Waals surface area (Å²) >= 11 is 3.28. The highest BCUT2D eigenvalue weighted by Gasteiger charge is 2.65. The summed E-state index contributed by atoms with van der Waals surface area (Å²) in [6, 6.07) is 4.71. The zero-order valence-corrected chi connectivity index (χ0v) is 15.5. The molecule has 0 saturated heterocycles. The van der Waals surface area contributed by atoms with Crippen LogP contribution in [-0.4, -0.2) is 21.7 Å². The van der Waals surface area contributed by atoms with E-state index < -0.39 is 35.6 Å². The van der Waals surface area contributed by atoms with Gasteiger partial charge in [0.05, 0.1) is 17.7 Å². The van der Waals surface area contributed by atoms with Crippen LogP contribution in [0.1, 0.15) is 28.8 Å². The first-order valence-electron chi connectivity index (χ1n) is 7.55. The smallest absolute Gasteiger partial charge is 0.374 e. The van der Waals surface area contributed by atoms with Crippen molar-refractivity contribution in [1.82, 2.24) is 9.78 Å². The van der Waals surface area contributed by atoms with Crippen molar-refractivity contribution in [2.45, 2.75) is 31.3 Å². The molecule has 0 N–H and O–H groups in total. The predicted octanol–water partition coefficient (Wildman–Crippen LogP) is 5.09. The molecular weight excluding hydrogens is 444 g/mol. The summed E-state index contributed by atoms with van der Waals surface area (Å²) in [4.78, 5) is 4.68. The van der Waals surface area contributed by atoms with Crippen LogP contribution in [0.4, 0.5) is 26.3 Å². The van der Waals surface area contributed by atoms with E-state index in [1.165, 1.54) is 6.07 Å². The van der Waals surface area contributed by atoms with Crippen LogP contribution in [-0.2, 0) is 23.7 Å². The van der Waals surface area contributed by atoms with Gasteiger partial charge in [-0.1, -0.05) is 27.2 Å². The van der Waals surface area contributed by atoms with Gasteiger partial charge in [0.2, 0.25) is 0 Å². The van der Waals surface area contributed by atoms with Gasteiger partial charge in [0.15, 0.2) is 5.69 Å². The molecule has 1 aromatic carbocycles. The molecule has 0 bridgehead atoms. The molecule has 1 aliphatic rings. The molecule has 1 aromatic heterocycles. The van der Waals surface area contributed by atoms with E-state index in [9.17, 15) is 26.3 Å². The van der Waals surface area contributed by atoms with E-state index in [-0.39, 0.29) is 5.71 Å². The lowest BCUT2D eigenvalue weighted by molar-refractivity contribution is -0.277. The first-order valence-corrected chi connectivity index (χ1v) is 8.34. The molecule has 0 spiro atoms. The van der Waals surface area contributed by atoms with E-state index in [4.69, 9.17) is 0 Å². The highest BCUT2D eigenvalue weighted by molar-refractivity contribution is 9.10. The number of hydrogen-bond donors (Lipinski definition) is 0. The van der Waals surface area contributed by atoms with Gasteiger partial charge in [0, 0.05) is 17.7 Å². The minimum absolute atomic E-state index is 0.0973. The Balaban J connectivity index is 2.10. The van der Waals surface area contributed by atoms with Crippen molar-refractivity contribution in [2.75, 3.05) is 0 Å². The molecule has 1 atom stereocenters. The second kappa shape index (κ2) is 6.25. The highest BCUT2D eigenvalue weighted by atomic mass is 79.9. The summed E-state index contributed by atoms with van der Waals surface area (Å²) in [6.07, 6.45) is -10.4. The van der Waals surface area contributed by atoms with Gasteiger partial charge in [-0.3, -0.25) is 4.68 Å². The Morgan fingerprint density at radius 3 is 2.41 bits per heavy atom. The fourth-order valence-electron chi connectivity index (χ4n) is 2.85. The van der Waals surface area contributed by atoms with E-state index >= 15 is 0 Å². The molecule has 4 nitrogen and oxygen atoms in total. The molecule has 146 valence electrons. The van der Waals surface area contributed by atoms with Crippen LogP contribution in [0.5, 0.6) is 0 Å². The third kappa shape index (κ3) is 3.32. The van der Waals surface area contributed by atoms with Gasteiger partial charge in [-0.25, -0.2) is 0 Å². The van der Waals surface area contributed by atoms with Crippen LogP contribution in [0, 0.1) is 6.92 Å². The number of alkyl halides is 6. The Hall–Kier alpha value is -2.04. The second-order valence-electron chi connectivity index (χ2n) is 6.16. The van der Waals surface area contributed by atoms with Crippen molar-refractivity contribution >= 4 is 21.6 Å². The Morgan fingerprint density at radius 1 is 1.19 bits per heavy atom. The van der Waals surface area contributed by atoms with E-state index in [0.29, 0.717) is 16.4 Å². The third-order valence-corrected chi connectivity index (χ3v) is 5.10. The zero-order chi connectivity index (χ0) is 20.2. The average Bonchev–Trinajstić information content (AvgIpc) is 3.13. The van der Waals surface area contributed by atoms with Gasteiger partial charge in [-0.15, -0.1) is 0 Å². The van der Waals surface area contributed by atoms with Gasteiger partial charge in [0.25, 0.3) is 5.60 Å². The lowest BCUT2D eigenvalue weighted by Crippen LogP contribution is -2.43. The van der Waals surface area contributed by atoms with Crippen molar-refractivity contribution < 1.29 is 31.2 Å². The minimum atomic E-state index is -5.15. The summed E-state index contributed by atoms with van der Waals surface area (Å²) in [5.74, 6) is 0. The number of hydrogen-bond acceptors (Lipinski definition) is 3. The van der Waals surface area contributed by atoms with Crippen molar-refractivity contribution in [3.8, 4) is 0 Å². The molecule has 3 rings (SSSR count). The van der Waals surface area contributed by atoms with Crippen molar-refractivity contribution in [3.63, 3.8) is 0 Å². The standard InChI is InChI=1S/C16H12BrF6N3O/c1-8-5-9(3-4-11(8)17)12-6-14(27-25-12,16(21,22)23)10-7-26(2)24-13(10)15(18,19)20/h3-5,7H,6H2,1-2H3. The molecule has 2 heterocycles. The highest BCUT2D eigenvalue weighted by Crippen LogP contribution is 2.51. The van der Waals surface area contributed by atoms with Crippen molar-refractivity contribution in [1.29, 1.82) is 0 Å². The Labute approximate surface area is 157 Å². The zero-order valence-electron chi connectivity index (χ0n) is 13.9. The molecule has 1 unspecified atom stereocenters. The number of aryl methyl sites for hydroxylation is 2. The van der Waals surface area contributed by atoms with Crippen LogP contribution < -0.4 is 0 Å². The summed E-state index contributed by atoms with van der Waals surface area (Å²) < 4.78 is 82.9. The molecule has 2 aromatic rings. The Morgan fingerprint density at radius 2 is 1.85 bits per heavy atom. The van der Waals surface area contributed by atoms with Gasteiger partial charge in [-0.2, -0.15) is 31.4 Å². The number of aromatic nitrogens is 2. The summed E-state index contributed by atoms with van der Waals surface area (Å²) in [6.45, 7) is 1.73. The van der Waals surface area contributed by atoms with Gasteiger partial charge >= 0.3 is 12.4 Å². The topological polar surface area (TPSA) is 39.4 Å². The first-order chi connectivity index (χ1) is 12.3. The van der Waals surface area contributed by atoms with Crippen LogP contribution in [0.3, 0.4) is 0 Å². The number of oxime groups is 1. The fourth-order valence-corrected chi connectivity index (χ4v) is 3.10. The Kier molecular flexibility index (Phi) is 4.56. The van der Waals surface area contributed by atoms with Crippen molar-refractivity contribution in [2.24, 2.45) is 12.2 Å². The molecule has 0 radical (unpaired) electrons. The van der Waals surface area contributed by atoms with Crippen LogP contribution in [0.2, 0.25) is 0 Å². The Bertz CT molecular complexity index is 918. The number of nitrogens with zero attached hydrogens (tertiary/aromatic N) is 3. The SMILES string of the molecule is Cc1cc(C2=NOC(c3cn(C)nc3C(F)(F)F)(C(F)(F)F)C2)ccc1Br. The normalized spacial score (nSPS) is 20.6. The third-order valence-electron chi connectivity index (χ3n) is 4.21. The average molecular weight is 456 g/mol. The number of halogens is 7. The van der Waals surface area contributed by atoms with Crippen LogP contribution >= 0.6 is 15.9 Å². The van der Waals surface area contributed by atoms with Crippen LogP contribution in [0.25, 0.3) is 0 Å². The molecule has 11 heteroatoms. The summed E-state index contributed by atoms with van der Waals surface area (Å²) in [7, 11) is 1.11. The number of rotatable bonds is 2. The number of benzene rings is 1. The fraction of sp³-hybridized carbons (Fsp3) is 0.375. The van der Waals surface area contributed by atoms with Gasteiger partial charge in [-0.05, 0) is 30.2 Å². The van der Waals surface area contributed by atoms with Crippen LogP contribution in [0.15, 0.2) is 34.0 Å². The maximum Gasteiger partial charge on any atom is 0.435 e. The van der Waals surface area contributed by atoms with E-state index in [0.717, 1.165) is 17.1 Å². The lowest BCUT2D eigenvalue weighted by Gasteiger charge is -2.29. The van der Waals surface area contributed by atoms with E-state index in [1.807, 2.05) is 0 Å². The largest absolute Gasteiger partial charge is 0.435 e. The summed E-state index contributed by atoms with van der Waals surface area (Å²) in [5.41, 5.74) is -5.05. The maximum atomic E-state index is 13.9. The van der Waals surface area contributed by atoms with Gasteiger partial charge < -0.3 is 4.84 Å². The minimum Gasteiger partial charge on any atom is -0.374 e. The van der Waals surface area contributed by atoms with E-state index in [1.54, 1.807) is 19.1 Å². The molecule has 0 saturated carbocycles. The lowest BCUT2D eigenvalue weighted by atomic mass is 9.86. The van der Waals surface area contributed by atoms with Gasteiger partial charge in [0.1, 0.15) is 0 Å². The molecule has 0 fully saturated rings. The van der Waals surface area contributed by atoms with Crippen molar-refractivity contribution in [3.05, 3.63) is 51.3 Å². The first kappa shape index (κ1) is 19.7. The second-order valence-corrected chi connectivity index (χ2v) is 7.01. The quantitative estimate of drug-likeness (QED) is 0.591. The molecular formula is C16H12BrF6N3O. The summed E-state index contributed by atoms with van der Waals surface area (Å²) in [5, 5.41) is 6.65. The molecule has 0 aliphatic carbocycles.